The summed E-state index contributed by atoms with van der Waals surface area (Å²) in [6, 6.07) is 0. The lowest BCUT2D eigenvalue weighted by Gasteiger charge is -2.29. The lowest BCUT2D eigenvalue weighted by molar-refractivity contribution is -0.873. The molecule has 21 heavy (non-hydrogen) atoms. The molecule has 0 saturated carbocycles. The van der Waals surface area contributed by atoms with E-state index in [4.69, 9.17) is 9.47 Å². The third kappa shape index (κ3) is 13.0. The lowest BCUT2D eigenvalue weighted by atomic mass is 10.2. The number of halogens is 1. The van der Waals surface area contributed by atoms with E-state index < -0.39 is 17.3 Å². The summed E-state index contributed by atoms with van der Waals surface area (Å²) in [4.78, 5) is 23.4. The summed E-state index contributed by atoms with van der Waals surface area (Å²) < 4.78 is 11.1. The highest BCUT2D eigenvalue weighted by molar-refractivity contribution is 7.81. The highest BCUT2D eigenvalue weighted by atomic mass is 35.5. The van der Waals surface area contributed by atoms with Crippen LogP contribution in [-0.4, -0.2) is 62.1 Å². The minimum Gasteiger partial charge on any atom is -1.00 e. The average Bonchev–Trinajstić information content (AvgIpc) is 2.23. The number of rotatable bonds is 8. The van der Waals surface area contributed by atoms with Crippen LogP contribution in [0.5, 0.6) is 0 Å². The second-order valence-corrected chi connectivity index (χ2v) is 7.26. The number of likely N-dealkylation sites (N-methyl/N-ethyl adjacent to an activating group) is 1. The van der Waals surface area contributed by atoms with Gasteiger partial charge in [-0.25, -0.2) is 0 Å². The highest BCUT2D eigenvalue weighted by Gasteiger charge is 2.26. The van der Waals surface area contributed by atoms with Gasteiger partial charge in [0, 0.05) is 0 Å². The van der Waals surface area contributed by atoms with Crippen LogP contribution in [0.15, 0.2) is 0 Å². The van der Waals surface area contributed by atoms with Crippen molar-refractivity contribution in [1.29, 1.82) is 0 Å². The first-order valence-corrected chi connectivity index (χ1v) is 7.37. The third-order valence-corrected chi connectivity index (χ3v) is 2.56. The summed E-state index contributed by atoms with van der Waals surface area (Å²) in [5.41, 5.74) is 0. The van der Waals surface area contributed by atoms with Gasteiger partial charge in [-0.2, -0.15) is 12.6 Å². The Morgan fingerprint density at radius 1 is 1.14 bits per heavy atom. The molecule has 2 atom stereocenters. The van der Waals surface area contributed by atoms with E-state index >= 15 is 0 Å². The third-order valence-electron chi connectivity index (χ3n) is 2.35. The fourth-order valence-electron chi connectivity index (χ4n) is 1.52. The van der Waals surface area contributed by atoms with Gasteiger partial charge in [-0.05, 0) is 12.8 Å². The monoisotopic (exact) mass is 341 g/mol. The van der Waals surface area contributed by atoms with Crippen molar-refractivity contribution in [3.8, 4) is 0 Å². The molecule has 1 unspecified atom stereocenters. The van der Waals surface area contributed by atoms with Crippen molar-refractivity contribution in [1.82, 2.24) is 0 Å². The predicted octanol–water partition coefficient (Wildman–Crippen LogP) is -1.48. The van der Waals surface area contributed by atoms with Crippen molar-refractivity contribution in [2.24, 2.45) is 5.92 Å². The van der Waals surface area contributed by atoms with Crippen LogP contribution in [0.25, 0.3) is 0 Å². The summed E-state index contributed by atoms with van der Waals surface area (Å²) in [5.74, 6) is -0.462. The van der Waals surface area contributed by atoms with Gasteiger partial charge in [0.05, 0.1) is 39.4 Å². The van der Waals surface area contributed by atoms with Crippen molar-refractivity contribution in [3.05, 3.63) is 0 Å². The Morgan fingerprint density at radius 3 is 2.05 bits per heavy atom. The Labute approximate surface area is 139 Å². The Kier molecular flexibility index (Phi) is 11.2. The molecule has 0 heterocycles. The minimum atomic E-state index is -0.503. The average molecular weight is 342 g/mol. The number of ether oxygens (including phenoxy) is 2. The van der Waals surface area contributed by atoms with Crippen LogP contribution < -0.4 is 12.4 Å². The maximum absolute atomic E-state index is 11.8. The molecule has 0 aliphatic carbocycles. The van der Waals surface area contributed by atoms with Crippen LogP contribution in [0.4, 0.5) is 0 Å². The molecule has 0 aliphatic heterocycles. The van der Waals surface area contributed by atoms with Gasteiger partial charge in [-0.3, -0.25) is 9.59 Å². The van der Waals surface area contributed by atoms with E-state index in [0.717, 1.165) is 0 Å². The van der Waals surface area contributed by atoms with Crippen LogP contribution in [0.2, 0.25) is 0 Å². The molecule has 126 valence electrons. The Balaban J connectivity index is 0. The van der Waals surface area contributed by atoms with Crippen LogP contribution in [0.1, 0.15) is 27.2 Å². The maximum atomic E-state index is 11.8. The molecule has 0 fully saturated rings. The molecule has 0 bridgehead atoms. The molecule has 0 aromatic rings. The van der Waals surface area contributed by atoms with Crippen LogP contribution >= 0.6 is 12.6 Å². The van der Waals surface area contributed by atoms with Gasteiger partial charge in [-0.1, -0.05) is 13.8 Å². The molecule has 0 N–H and O–H groups in total. The molecule has 0 spiro atoms. The van der Waals surface area contributed by atoms with Crippen molar-refractivity contribution < 1.29 is 36.0 Å². The Bertz CT molecular complexity index is 329. The van der Waals surface area contributed by atoms with E-state index in [2.05, 4.69) is 12.6 Å². The first-order chi connectivity index (χ1) is 9.01. The number of hydrogen-bond acceptors (Lipinski definition) is 5. The van der Waals surface area contributed by atoms with Gasteiger partial charge in [0.2, 0.25) is 0 Å². The Hall–Kier alpha value is -0.460. The van der Waals surface area contributed by atoms with Gasteiger partial charge >= 0.3 is 11.9 Å². The van der Waals surface area contributed by atoms with E-state index in [-0.39, 0.29) is 30.7 Å². The normalized spacial score (nSPS) is 14.1. The molecular formula is C14H28ClNO4S. The van der Waals surface area contributed by atoms with Gasteiger partial charge in [0.15, 0.2) is 6.10 Å². The number of nitrogens with zero attached hydrogens (tertiary/aromatic N) is 1. The minimum absolute atomic E-state index is 0. The second kappa shape index (κ2) is 10.3. The van der Waals surface area contributed by atoms with Gasteiger partial charge in [-0.15, -0.1) is 0 Å². The lowest BCUT2D eigenvalue weighted by Crippen LogP contribution is -3.00. The highest BCUT2D eigenvalue weighted by Crippen LogP contribution is 2.09. The molecular weight excluding hydrogens is 314 g/mol. The van der Waals surface area contributed by atoms with Crippen molar-refractivity contribution in [2.75, 3.05) is 34.3 Å². The molecule has 0 amide bonds. The largest absolute Gasteiger partial charge is 1.00 e. The number of esters is 2. The summed E-state index contributed by atoms with van der Waals surface area (Å²) in [5, 5.41) is -0.503. The smallest absolute Gasteiger partial charge is 0.319 e. The Morgan fingerprint density at radius 2 is 1.67 bits per heavy atom. The maximum Gasteiger partial charge on any atom is 0.319 e. The van der Waals surface area contributed by atoms with Crippen molar-refractivity contribution in [2.45, 2.75) is 38.5 Å². The second-order valence-electron chi connectivity index (χ2n) is 6.49. The van der Waals surface area contributed by atoms with Crippen LogP contribution in [0.3, 0.4) is 0 Å². The standard InChI is InChI=1S/C14H27NO4S.ClH/c1-10(2)9-18-13(16)7-12(8-15(4,5)6)19-14(17)11(3)20;/h10-12H,7-9H2,1-6H3;1H/t11-,12?;/m1./s1. The molecule has 0 aromatic carbocycles. The number of quaternary nitrogens is 1. The van der Waals surface area contributed by atoms with E-state index in [1.807, 2.05) is 35.0 Å². The van der Waals surface area contributed by atoms with Crippen molar-refractivity contribution >= 4 is 24.6 Å². The molecule has 0 radical (unpaired) electrons. The van der Waals surface area contributed by atoms with Gasteiger partial charge < -0.3 is 26.4 Å². The number of thiol groups is 1. The molecule has 0 saturated heterocycles. The van der Waals surface area contributed by atoms with E-state index in [1.54, 1.807) is 6.92 Å². The molecule has 0 aliphatic rings. The zero-order valence-corrected chi connectivity index (χ0v) is 15.4. The fraction of sp³-hybridized carbons (Fsp3) is 0.857. The summed E-state index contributed by atoms with van der Waals surface area (Å²) in [6.07, 6.45) is -0.411. The fourth-order valence-corrected chi connectivity index (χ4v) is 1.58. The zero-order chi connectivity index (χ0) is 15.9. The van der Waals surface area contributed by atoms with Gasteiger partial charge in [0.25, 0.3) is 0 Å². The SMILES string of the molecule is CC(C)COC(=O)CC(C[N+](C)(C)C)OC(=O)[C@@H](C)S.[Cl-]. The van der Waals surface area contributed by atoms with E-state index in [9.17, 15) is 9.59 Å². The molecule has 0 aromatic heterocycles. The predicted molar refractivity (Wildman–Crippen MR) is 81.6 cm³/mol. The first-order valence-electron chi connectivity index (χ1n) is 6.86. The zero-order valence-electron chi connectivity index (χ0n) is 13.8. The molecule has 7 heteroatoms. The van der Waals surface area contributed by atoms with E-state index in [0.29, 0.717) is 17.6 Å². The molecule has 0 rings (SSSR count). The quantitative estimate of drug-likeness (QED) is 0.332. The van der Waals surface area contributed by atoms with Crippen LogP contribution in [0, 0.1) is 5.92 Å². The number of carbonyl (C=O) groups excluding carboxylic acids is 2. The first kappa shape index (κ1) is 22.8. The number of hydrogen-bond donors (Lipinski definition) is 1. The van der Waals surface area contributed by atoms with Gasteiger partial charge in [0.1, 0.15) is 6.54 Å². The van der Waals surface area contributed by atoms with Crippen LogP contribution in [-0.2, 0) is 19.1 Å². The summed E-state index contributed by atoms with van der Waals surface area (Å²) in [7, 11) is 5.93. The molecule has 5 nitrogen and oxygen atoms in total. The summed E-state index contributed by atoms with van der Waals surface area (Å²) in [6.45, 7) is 6.51. The number of carbonyl (C=O) groups is 2. The van der Waals surface area contributed by atoms with Crippen molar-refractivity contribution in [3.63, 3.8) is 0 Å². The van der Waals surface area contributed by atoms with E-state index in [1.165, 1.54) is 0 Å². The topological polar surface area (TPSA) is 52.6 Å². The summed E-state index contributed by atoms with van der Waals surface area (Å²) >= 11 is 4.04.